The zero-order valence-electron chi connectivity index (χ0n) is 16.0. The van der Waals surface area contributed by atoms with Gasteiger partial charge in [-0.15, -0.1) is 8.78 Å². The maximum Gasteiger partial charge on any atom is 0.487 e. The predicted octanol–water partition coefficient (Wildman–Crippen LogP) is 4.55. The van der Waals surface area contributed by atoms with Crippen LogP contribution in [0.3, 0.4) is 0 Å². The van der Waals surface area contributed by atoms with Gasteiger partial charge < -0.3 is 20.1 Å². The lowest BCUT2D eigenvalue weighted by Gasteiger charge is -2.32. The van der Waals surface area contributed by atoms with Gasteiger partial charge in [-0.1, -0.05) is 15.9 Å². The Balaban J connectivity index is 1.90. The number of benzene rings is 2. The Bertz CT molecular complexity index is 994. The van der Waals surface area contributed by atoms with Crippen molar-refractivity contribution in [1.29, 1.82) is 0 Å². The second-order valence-electron chi connectivity index (χ2n) is 7.11. The van der Waals surface area contributed by atoms with Gasteiger partial charge >= 0.3 is 5.57 Å². The van der Waals surface area contributed by atoms with Crippen molar-refractivity contribution in [3.8, 4) is 5.75 Å². The highest BCUT2D eigenvalue weighted by Gasteiger charge is 2.46. The molecule has 0 saturated heterocycles. The third-order valence-corrected chi connectivity index (χ3v) is 5.55. The number of rotatable bonds is 6. The molecule has 6 nitrogen and oxygen atoms in total. The first-order valence-electron chi connectivity index (χ1n) is 8.88. The molecule has 2 N–H and O–H groups in total. The zero-order chi connectivity index (χ0) is 22.3. The Morgan fingerprint density at radius 1 is 1.27 bits per heavy atom. The molecule has 0 aromatic heterocycles. The van der Waals surface area contributed by atoms with Gasteiger partial charge in [0.15, 0.2) is 0 Å². The number of nitrogens with one attached hydrogen (secondary N) is 1. The van der Waals surface area contributed by atoms with Crippen LogP contribution in [0.25, 0.3) is 0 Å². The first kappa shape index (κ1) is 22.5. The van der Waals surface area contributed by atoms with E-state index in [0.717, 1.165) is 0 Å². The van der Waals surface area contributed by atoms with Crippen LogP contribution in [-0.2, 0) is 5.54 Å². The fourth-order valence-corrected chi connectivity index (χ4v) is 4.43. The van der Waals surface area contributed by atoms with Gasteiger partial charge in [0.05, 0.1) is 23.3 Å². The van der Waals surface area contributed by atoms with Crippen LogP contribution < -0.4 is 10.1 Å². The van der Waals surface area contributed by atoms with E-state index in [4.69, 9.17) is 11.6 Å². The van der Waals surface area contributed by atoms with Crippen LogP contribution in [0.4, 0.5) is 14.5 Å². The number of hydrogen-bond donors (Lipinski definition) is 2. The number of carbonyl (C=O) groups is 2. The molecule has 160 valence electrons. The van der Waals surface area contributed by atoms with E-state index in [2.05, 4.69) is 26.0 Å². The van der Waals surface area contributed by atoms with Crippen molar-refractivity contribution in [2.24, 2.45) is 0 Å². The van der Waals surface area contributed by atoms with E-state index in [-0.39, 0.29) is 35.9 Å². The number of aliphatic hydroxyl groups excluding tert-OH is 1. The molecule has 3 rings (SSSR count). The van der Waals surface area contributed by atoms with E-state index >= 15 is 0 Å². The summed E-state index contributed by atoms with van der Waals surface area (Å²) in [7, 11) is 0. The van der Waals surface area contributed by atoms with E-state index in [1.54, 1.807) is 6.07 Å². The molecule has 0 saturated carbocycles. The molecule has 2 amide bonds. The van der Waals surface area contributed by atoms with Crippen molar-refractivity contribution in [2.75, 3.05) is 18.5 Å². The number of hydrogen-bond acceptors (Lipinski definition) is 4. The second kappa shape index (κ2) is 8.13. The van der Waals surface area contributed by atoms with Gasteiger partial charge in [0.1, 0.15) is 5.75 Å². The number of halogens is 4. The van der Waals surface area contributed by atoms with E-state index < -0.39 is 17.0 Å². The molecule has 0 radical (unpaired) electrons. The van der Waals surface area contributed by atoms with Crippen LogP contribution in [0.5, 0.6) is 5.75 Å². The largest absolute Gasteiger partial charge is 0.487 e. The molecule has 0 unspecified atom stereocenters. The number of carbonyl (C=O) groups excluding carboxylic acids is 2. The number of ether oxygens (including phenoxy) is 1. The molecule has 0 bridgehead atoms. The van der Waals surface area contributed by atoms with Gasteiger partial charge in [-0.05, 0) is 50.2 Å². The zero-order valence-corrected chi connectivity index (χ0v) is 18.4. The smallest absolute Gasteiger partial charge is 0.420 e. The van der Waals surface area contributed by atoms with E-state index in [0.29, 0.717) is 15.7 Å². The molecule has 1 aliphatic heterocycles. The molecular weight excluding hydrogens is 486 g/mol. The van der Waals surface area contributed by atoms with Gasteiger partial charge in [0.2, 0.25) is 0 Å². The standard InChI is InChI=1S/C20H18BrClF2N2O4/c1-19(2)16-14(21)8-7-13(15(16)18(29)26(19)9-10-27)17(28)25-11-3-5-12(6-4-11)30-20(22,23)24/h3-8,27H,9-10H2,1-2H3,(H,25,28). The van der Waals surface area contributed by atoms with E-state index in [1.165, 1.54) is 35.2 Å². The third-order valence-electron chi connectivity index (χ3n) is 4.81. The van der Waals surface area contributed by atoms with Crippen LogP contribution in [0.15, 0.2) is 40.9 Å². The van der Waals surface area contributed by atoms with Crippen molar-refractivity contribution >= 4 is 45.0 Å². The molecule has 0 aliphatic carbocycles. The number of β-amino-alcohol motifs (C(OH)–C–C–N with tert-alkyl or cyclic N) is 1. The highest BCUT2D eigenvalue weighted by Crippen LogP contribution is 2.44. The summed E-state index contributed by atoms with van der Waals surface area (Å²) in [6.07, 6.45) is 0. The summed E-state index contributed by atoms with van der Waals surface area (Å²) in [5.74, 6) is -1.07. The Morgan fingerprint density at radius 2 is 1.90 bits per heavy atom. The van der Waals surface area contributed by atoms with Crippen molar-refractivity contribution in [1.82, 2.24) is 4.90 Å². The summed E-state index contributed by atoms with van der Waals surface area (Å²) in [5.41, 5.74) is -3.17. The Kier molecular flexibility index (Phi) is 6.08. The minimum Gasteiger partial charge on any atom is -0.420 e. The van der Waals surface area contributed by atoms with Gasteiger partial charge in [-0.25, -0.2) is 0 Å². The number of fused-ring (bicyclic) bond motifs is 1. The third kappa shape index (κ3) is 4.28. The average molecular weight is 504 g/mol. The number of aliphatic hydroxyl groups is 1. The van der Waals surface area contributed by atoms with Crippen LogP contribution in [-0.4, -0.2) is 40.5 Å². The number of anilines is 1. The van der Waals surface area contributed by atoms with E-state index in [1.807, 2.05) is 13.8 Å². The monoisotopic (exact) mass is 502 g/mol. The van der Waals surface area contributed by atoms with Gasteiger partial charge in [-0.2, -0.15) is 0 Å². The number of amides is 2. The summed E-state index contributed by atoms with van der Waals surface area (Å²) >= 11 is 8.18. The van der Waals surface area contributed by atoms with Crippen molar-refractivity contribution in [3.05, 3.63) is 57.6 Å². The molecule has 1 aliphatic rings. The highest BCUT2D eigenvalue weighted by atomic mass is 79.9. The van der Waals surface area contributed by atoms with Crippen molar-refractivity contribution in [2.45, 2.75) is 25.0 Å². The maximum atomic E-state index is 13.0. The summed E-state index contributed by atoms with van der Waals surface area (Å²) in [4.78, 5) is 27.4. The van der Waals surface area contributed by atoms with E-state index in [9.17, 15) is 23.5 Å². The molecule has 30 heavy (non-hydrogen) atoms. The molecule has 0 atom stereocenters. The van der Waals surface area contributed by atoms with Crippen LogP contribution >= 0.6 is 27.5 Å². The number of nitrogens with zero attached hydrogens (tertiary/aromatic N) is 1. The summed E-state index contributed by atoms with van der Waals surface area (Å²) < 4.78 is 30.3. The number of alkyl halides is 3. The lowest BCUT2D eigenvalue weighted by Crippen LogP contribution is -2.41. The maximum absolute atomic E-state index is 13.0. The van der Waals surface area contributed by atoms with Gasteiger partial charge in [0.25, 0.3) is 11.8 Å². The fourth-order valence-electron chi connectivity index (χ4n) is 3.53. The summed E-state index contributed by atoms with van der Waals surface area (Å²) in [5, 5.41) is 12.0. The van der Waals surface area contributed by atoms with Crippen molar-refractivity contribution in [3.63, 3.8) is 0 Å². The summed E-state index contributed by atoms with van der Waals surface area (Å²) in [6.45, 7) is 3.59. The van der Waals surface area contributed by atoms with Gasteiger partial charge in [-0.3, -0.25) is 9.59 Å². The van der Waals surface area contributed by atoms with Crippen molar-refractivity contribution < 1.29 is 28.2 Å². The molecule has 2 aromatic carbocycles. The minimum absolute atomic E-state index is 0.126. The first-order valence-corrected chi connectivity index (χ1v) is 10.1. The molecule has 1 heterocycles. The highest BCUT2D eigenvalue weighted by molar-refractivity contribution is 9.10. The minimum atomic E-state index is -3.84. The lowest BCUT2D eigenvalue weighted by molar-refractivity contribution is -0.0964. The molecule has 10 heteroatoms. The Hall–Kier alpha value is -2.23. The normalized spacial score (nSPS) is 15.2. The Morgan fingerprint density at radius 3 is 2.47 bits per heavy atom. The fraction of sp³-hybridized carbons (Fsp3) is 0.300. The Labute approximate surface area is 184 Å². The van der Waals surface area contributed by atoms with Crippen LogP contribution in [0, 0.1) is 0 Å². The lowest BCUT2D eigenvalue weighted by atomic mass is 9.91. The molecule has 2 aromatic rings. The first-order chi connectivity index (χ1) is 14.0. The average Bonchev–Trinajstić information content (AvgIpc) is 2.84. The van der Waals surface area contributed by atoms with Crippen LogP contribution in [0.1, 0.15) is 40.1 Å². The molecule has 0 spiro atoms. The molecular formula is C20H18BrClF2N2O4. The van der Waals surface area contributed by atoms with Gasteiger partial charge in [0, 0.05) is 33.9 Å². The predicted molar refractivity (Wildman–Crippen MR) is 111 cm³/mol. The topological polar surface area (TPSA) is 78.9 Å². The SMILES string of the molecule is CC1(C)c2c(Br)ccc(C(=O)Nc3ccc(OC(F)(F)Cl)cc3)c2C(=O)N1CCO. The second-order valence-corrected chi connectivity index (χ2v) is 8.41. The quantitative estimate of drug-likeness (QED) is 0.567. The summed E-state index contributed by atoms with van der Waals surface area (Å²) in [6, 6.07) is 8.42. The molecule has 0 fully saturated rings. The van der Waals surface area contributed by atoms with Crippen LogP contribution in [0.2, 0.25) is 0 Å².